The average molecular weight is 238 g/mol. The summed E-state index contributed by atoms with van der Waals surface area (Å²) >= 11 is 0. The van der Waals surface area contributed by atoms with Crippen LogP contribution < -0.4 is 9.47 Å². The smallest absolute Gasteiger partial charge is 0.122 e. The summed E-state index contributed by atoms with van der Waals surface area (Å²) in [6, 6.07) is 3.98. The molecule has 0 aromatic heterocycles. The van der Waals surface area contributed by atoms with Crippen molar-refractivity contribution in [3.05, 3.63) is 23.3 Å². The van der Waals surface area contributed by atoms with Gasteiger partial charge in [-0.15, -0.1) is 0 Å². The maximum absolute atomic E-state index is 9.47. The standard InChI is InChI=1S/C14H22O3/c1-5-6-11-8-14(17-4)12(7-10(2)15)9-13(11)16-3/h8-10,15H,5-7H2,1-4H3. The van der Waals surface area contributed by atoms with Crippen LogP contribution in [0.5, 0.6) is 11.5 Å². The maximum Gasteiger partial charge on any atom is 0.122 e. The van der Waals surface area contributed by atoms with Crippen LogP contribution in [0.2, 0.25) is 0 Å². The monoisotopic (exact) mass is 238 g/mol. The number of ether oxygens (including phenoxy) is 2. The van der Waals surface area contributed by atoms with E-state index in [0.29, 0.717) is 6.42 Å². The van der Waals surface area contributed by atoms with E-state index in [1.54, 1.807) is 21.1 Å². The Balaban J connectivity index is 3.12. The predicted octanol–water partition coefficient (Wildman–Crippen LogP) is 2.58. The Morgan fingerprint density at radius 2 is 1.65 bits per heavy atom. The SMILES string of the molecule is CCCc1cc(OC)c(CC(C)O)cc1OC. The number of hydrogen-bond donors (Lipinski definition) is 1. The fourth-order valence-corrected chi connectivity index (χ4v) is 1.97. The van der Waals surface area contributed by atoms with Crippen LogP contribution >= 0.6 is 0 Å². The molecule has 0 fully saturated rings. The van der Waals surface area contributed by atoms with E-state index in [1.807, 2.05) is 12.1 Å². The van der Waals surface area contributed by atoms with Crippen LogP contribution in [-0.4, -0.2) is 25.4 Å². The highest BCUT2D eigenvalue weighted by Crippen LogP contribution is 2.30. The minimum atomic E-state index is -0.384. The van der Waals surface area contributed by atoms with Crippen LogP contribution in [0.15, 0.2) is 12.1 Å². The van der Waals surface area contributed by atoms with E-state index < -0.39 is 0 Å². The molecule has 0 aliphatic rings. The summed E-state index contributed by atoms with van der Waals surface area (Å²) in [5, 5.41) is 9.47. The van der Waals surface area contributed by atoms with Crippen LogP contribution in [0.3, 0.4) is 0 Å². The molecule has 1 aromatic rings. The second-order valence-electron chi connectivity index (χ2n) is 4.28. The lowest BCUT2D eigenvalue weighted by Gasteiger charge is -2.15. The summed E-state index contributed by atoms with van der Waals surface area (Å²) in [4.78, 5) is 0. The molecule has 0 spiro atoms. The molecule has 0 bridgehead atoms. The van der Waals surface area contributed by atoms with Crippen molar-refractivity contribution in [2.24, 2.45) is 0 Å². The molecule has 0 aliphatic heterocycles. The van der Waals surface area contributed by atoms with Crippen LogP contribution in [0.1, 0.15) is 31.4 Å². The lowest BCUT2D eigenvalue weighted by molar-refractivity contribution is 0.194. The van der Waals surface area contributed by atoms with Crippen LogP contribution in [0.4, 0.5) is 0 Å². The van der Waals surface area contributed by atoms with Crippen LogP contribution in [-0.2, 0) is 12.8 Å². The number of rotatable bonds is 6. The molecule has 0 amide bonds. The number of aliphatic hydroxyl groups excluding tert-OH is 1. The summed E-state index contributed by atoms with van der Waals surface area (Å²) in [6.07, 6.45) is 2.22. The van der Waals surface area contributed by atoms with Crippen molar-refractivity contribution in [1.82, 2.24) is 0 Å². The molecule has 0 aliphatic carbocycles. The molecule has 1 unspecified atom stereocenters. The molecule has 3 nitrogen and oxygen atoms in total. The van der Waals surface area contributed by atoms with Gasteiger partial charge >= 0.3 is 0 Å². The van der Waals surface area contributed by atoms with Gasteiger partial charge in [-0.2, -0.15) is 0 Å². The Labute approximate surface area is 103 Å². The first-order valence-electron chi connectivity index (χ1n) is 6.04. The molecule has 17 heavy (non-hydrogen) atoms. The van der Waals surface area contributed by atoms with Gasteiger partial charge in [0.2, 0.25) is 0 Å². The summed E-state index contributed by atoms with van der Waals surface area (Å²) in [7, 11) is 3.33. The maximum atomic E-state index is 9.47. The van der Waals surface area contributed by atoms with Crippen molar-refractivity contribution < 1.29 is 14.6 Å². The van der Waals surface area contributed by atoms with Crippen molar-refractivity contribution in [2.75, 3.05) is 14.2 Å². The van der Waals surface area contributed by atoms with Crippen molar-refractivity contribution in [3.63, 3.8) is 0 Å². The average Bonchev–Trinajstić information content (AvgIpc) is 2.30. The van der Waals surface area contributed by atoms with E-state index in [0.717, 1.165) is 35.5 Å². The molecule has 1 N–H and O–H groups in total. The first kappa shape index (κ1) is 13.8. The summed E-state index contributed by atoms with van der Waals surface area (Å²) < 4.78 is 10.7. The Kier molecular flexibility index (Phi) is 5.29. The fourth-order valence-electron chi connectivity index (χ4n) is 1.97. The molecule has 1 aromatic carbocycles. The van der Waals surface area contributed by atoms with Crippen molar-refractivity contribution in [2.45, 2.75) is 39.2 Å². The van der Waals surface area contributed by atoms with E-state index in [4.69, 9.17) is 9.47 Å². The van der Waals surface area contributed by atoms with E-state index in [9.17, 15) is 5.11 Å². The first-order chi connectivity index (χ1) is 8.12. The molecule has 96 valence electrons. The van der Waals surface area contributed by atoms with Gasteiger partial charge < -0.3 is 14.6 Å². The van der Waals surface area contributed by atoms with Crippen LogP contribution in [0, 0.1) is 0 Å². The Bertz CT molecular complexity index is 359. The van der Waals surface area contributed by atoms with E-state index in [2.05, 4.69) is 6.92 Å². The summed E-state index contributed by atoms with van der Waals surface area (Å²) in [5.74, 6) is 1.71. The molecule has 0 saturated carbocycles. The third-order valence-corrected chi connectivity index (χ3v) is 2.72. The third-order valence-electron chi connectivity index (χ3n) is 2.72. The summed E-state index contributed by atoms with van der Waals surface area (Å²) in [6.45, 7) is 3.90. The van der Waals surface area contributed by atoms with E-state index >= 15 is 0 Å². The molecule has 3 heteroatoms. The van der Waals surface area contributed by atoms with Gasteiger partial charge in [0.15, 0.2) is 0 Å². The zero-order chi connectivity index (χ0) is 12.8. The molecular formula is C14H22O3. The molecule has 1 atom stereocenters. The second-order valence-corrected chi connectivity index (χ2v) is 4.28. The highest BCUT2D eigenvalue weighted by atomic mass is 16.5. The zero-order valence-corrected chi connectivity index (χ0v) is 11.1. The lowest BCUT2D eigenvalue weighted by Crippen LogP contribution is -2.07. The van der Waals surface area contributed by atoms with Crippen molar-refractivity contribution >= 4 is 0 Å². The molecule has 0 saturated heterocycles. The minimum Gasteiger partial charge on any atom is -0.496 e. The van der Waals surface area contributed by atoms with Crippen molar-refractivity contribution in [1.29, 1.82) is 0 Å². The quantitative estimate of drug-likeness (QED) is 0.828. The van der Waals surface area contributed by atoms with Gasteiger partial charge in [-0.3, -0.25) is 0 Å². The Morgan fingerprint density at radius 3 is 2.12 bits per heavy atom. The molecule has 0 radical (unpaired) electrons. The third kappa shape index (κ3) is 3.63. The van der Waals surface area contributed by atoms with Gasteiger partial charge in [0.25, 0.3) is 0 Å². The number of methoxy groups -OCH3 is 2. The fraction of sp³-hybridized carbons (Fsp3) is 0.571. The number of aliphatic hydroxyl groups is 1. The van der Waals surface area contributed by atoms with E-state index in [-0.39, 0.29) is 6.10 Å². The minimum absolute atomic E-state index is 0.384. The van der Waals surface area contributed by atoms with E-state index in [1.165, 1.54) is 0 Å². The highest BCUT2D eigenvalue weighted by Gasteiger charge is 2.12. The van der Waals surface area contributed by atoms with Crippen molar-refractivity contribution in [3.8, 4) is 11.5 Å². The lowest BCUT2D eigenvalue weighted by atomic mass is 10.0. The Morgan fingerprint density at radius 1 is 1.12 bits per heavy atom. The van der Waals surface area contributed by atoms with Gasteiger partial charge in [0.05, 0.1) is 20.3 Å². The molecule has 1 rings (SSSR count). The van der Waals surface area contributed by atoms with Gasteiger partial charge in [0.1, 0.15) is 11.5 Å². The van der Waals surface area contributed by atoms with Gasteiger partial charge in [0, 0.05) is 12.0 Å². The topological polar surface area (TPSA) is 38.7 Å². The predicted molar refractivity (Wildman–Crippen MR) is 68.9 cm³/mol. The largest absolute Gasteiger partial charge is 0.496 e. The second kappa shape index (κ2) is 6.50. The highest BCUT2D eigenvalue weighted by molar-refractivity contribution is 5.47. The number of benzene rings is 1. The Hall–Kier alpha value is -1.22. The zero-order valence-electron chi connectivity index (χ0n) is 11.1. The van der Waals surface area contributed by atoms with Gasteiger partial charge in [-0.25, -0.2) is 0 Å². The summed E-state index contributed by atoms with van der Waals surface area (Å²) in [5.41, 5.74) is 2.14. The van der Waals surface area contributed by atoms with Gasteiger partial charge in [-0.1, -0.05) is 13.3 Å². The first-order valence-corrected chi connectivity index (χ1v) is 6.04. The number of aryl methyl sites for hydroxylation is 1. The van der Waals surface area contributed by atoms with Gasteiger partial charge in [-0.05, 0) is 31.0 Å². The normalized spacial score (nSPS) is 12.3. The molecular weight excluding hydrogens is 216 g/mol. The number of hydrogen-bond acceptors (Lipinski definition) is 3. The van der Waals surface area contributed by atoms with Crippen LogP contribution in [0.25, 0.3) is 0 Å². The molecule has 0 heterocycles.